The van der Waals surface area contributed by atoms with E-state index in [2.05, 4.69) is 26.6 Å². The molecule has 19 heteroatoms. The van der Waals surface area contributed by atoms with Gasteiger partial charge in [0.15, 0.2) is 0 Å². The number of hydrogen-bond donors (Lipinski definition) is 6. The van der Waals surface area contributed by atoms with Gasteiger partial charge in [-0.05, 0) is 46.8 Å². The average Bonchev–Trinajstić information content (AvgIpc) is 3.91. The highest BCUT2D eigenvalue weighted by Crippen LogP contribution is 2.18. The summed E-state index contributed by atoms with van der Waals surface area (Å²) in [6.07, 6.45) is -3.39. The van der Waals surface area contributed by atoms with E-state index >= 15 is 0 Å². The van der Waals surface area contributed by atoms with E-state index in [1.165, 1.54) is 41.9 Å². The van der Waals surface area contributed by atoms with Crippen molar-refractivity contribution in [3.63, 3.8) is 0 Å². The third kappa shape index (κ3) is 12.6. The number of hydrogen-bond acceptors (Lipinski definition) is 12. The molecule has 0 radical (unpaired) electrons. The van der Waals surface area contributed by atoms with Crippen molar-refractivity contribution in [1.29, 1.82) is 0 Å². The van der Waals surface area contributed by atoms with Crippen LogP contribution in [0.2, 0.25) is 0 Å². The number of benzene rings is 2. The zero-order valence-corrected chi connectivity index (χ0v) is 33.0. The normalized spacial score (nSPS) is 22.0. The van der Waals surface area contributed by atoms with Gasteiger partial charge in [0.25, 0.3) is 11.8 Å². The van der Waals surface area contributed by atoms with E-state index in [-0.39, 0.29) is 31.4 Å². The van der Waals surface area contributed by atoms with E-state index in [4.69, 9.17) is 13.9 Å². The van der Waals surface area contributed by atoms with Crippen molar-refractivity contribution < 1.29 is 57.4 Å². The lowest BCUT2D eigenvalue weighted by molar-refractivity contribution is -0.173. The van der Waals surface area contributed by atoms with Gasteiger partial charge in [0.2, 0.25) is 29.9 Å². The van der Waals surface area contributed by atoms with Crippen LogP contribution in [0.15, 0.2) is 88.9 Å². The maximum Gasteiger partial charge on any atom is 0.326 e. The molecule has 6 N–H and O–H groups in total. The average molecular weight is 828 g/mol. The van der Waals surface area contributed by atoms with Crippen LogP contribution in [0.3, 0.4) is 0 Å². The van der Waals surface area contributed by atoms with Gasteiger partial charge >= 0.3 is 17.9 Å². The predicted octanol–water partition coefficient (Wildman–Crippen LogP) is -0.291. The van der Waals surface area contributed by atoms with Crippen LogP contribution in [0, 0.1) is 0 Å². The Morgan fingerprint density at radius 2 is 1.29 bits per heavy atom. The topological polar surface area (TPSA) is 249 Å². The summed E-state index contributed by atoms with van der Waals surface area (Å²) in [6.45, 7) is 1.95. The standard InChI is InChI=1S/C40H42BN5O12S/c1-21(47)57-33-34(58-22(2)48)39(53)45-31(20-28-6-4-16-59-28)37(51)43-29(17-23-7-11-25(41)12-8-23)35(49)44-30(19-27-5-3-15-56-27)36(50)46-32(40(54)55)18-24-9-13-26(14-10-24)42-38(33)52/h3-16,29-34H,17-20,41H2,1-2H3,(H,42,52)(H,43,51)(H,44,49)(H,45,53)(H,46,50)(H,54,55)/t29-,30+,31+,32+,33+,34+/m0/s1. The second-order valence-electron chi connectivity index (χ2n) is 13.8. The highest BCUT2D eigenvalue weighted by molar-refractivity contribution is 7.09. The Hall–Kier alpha value is -6.76. The molecule has 2 aliphatic heterocycles. The summed E-state index contributed by atoms with van der Waals surface area (Å²) in [7, 11) is 1.87. The van der Waals surface area contributed by atoms with Gasteiger partial charge < -0.3 is 45.6 Å². The number of rotatable bonds is 9. The molecule has 308 valence electrons. The van der Waals surface area contributed by atoms with Crippen molar-refractivity contribution in [2.24, 2.45) is 0 Å². The number of anilines is 1. The molecule has 6 atom stereocenters. The molecule has 4 aromatic rings. The first kappa shape index (κ1) is 43.4. The van der Waals surface area contributed by atoms with Crippen molar-refractivity contribution in [1.82, 2.24) is 21.3 Å². The lowest BCUT2D eigenvalue weighted by Gasteiger charge is -2.28. The van der Waals surface area contributed by atoms with Gasteiger partial charge in [0.1, 0.15) is 37.8 Å². The number of carboxylic acid groups (broad SMARTS) is 1. The summed E-state index contributed by atoms with van der Waals surface area (Å²) in [4.78, 5) is 108. The Bertz CT molecular complexity index is 2150. The molecule has 2 aliphatic rings. The lowest BCUT2D eigenvalue weighted by atomic mass is 9.93. The van der Waals surface area contributed by atoms with Crippen molar-refractivity contribution in [2.45, 2.75) is 75.9 Å². The number of thiophene rings is 1. The molecule has 0 aliphatic carbocycles. The van der Waals surface area contributed by atoms with Crippen molar-refractivity contribution in [3.8, 4) is 0 Å². The fourth-order valence-electron chi connectivity index (χ4n) is 6.15. The van der Waals surface area contributed by atoms with E-state index in [1.54, 1.807) is 53.9 Å². The van der Waals surface area contributed by atoms with Crippen LogP contribution in [0.1, 0.15) is 35.6 Å². The highest BCUT2D eigenvalue weighted by atomic mass is 32.1. The summed E-state index contributed by atoms with van der Waals surface area (Å²) in [5, 5.41) is 24.7. The van der Waals surface area contributed by atoms with Gasteiger partial charge in [-0.2, -0.15) is 0 Å². The number of carbonyl (C=O) groups is 8. The van der Waals surface area contributed by atoms with Crippen molar-refractivity contribution in [3.05, 3.63) is 106 Å². The molecule has 5 amide bonds. The molecular formula is C40H42BN5O12S. The van der Waals surface area contributed by atoms with E-state index in [0.29, 0.717) is 21.8 Å². The molecule has 4 heterocycles. The summed E-state index contributed by atoms with van der Waals surface area (Å²) in [6, 6.07) is 13.7. The Labute approximate surface area is 343 Å². The molecule has 0 spiro atoms. The first-order chi connectivity index (χ1) is 28.1. The van der Waals surface area contributed by atoms with Crippen LogP contribution in [0.5, 0.6) is 0 Å². The van der Waals surface area contributed by atoms with Crippen LogP contribution >= 0.6 is 11.3 Å². The number of ether oxygens (including phenoxy) is 2. The Morgan fingerprint density at radius 3 is 1.85 bits per heavy atom. The van der Waals surface area contributed by atoms with Gasteiger partial charge in [0, 0.05) is 50.1 Å². The summed E-state index contributed by atoms with van der Waals surface area (Å²) < 4.78 is 15.9. The number of nitrogens with one attached hydrogen (secondary N) is 5. The number of amides is 5. The minimum absolute atomic E-state index is 0.0923. The molecular weight excluding hydrogens is 785 g/mol. The molecule has 6 rings (SSSR count). The first-order valence-corrected chi connectivity index (χ1v) is 19.3. The first-order valence-electron chi connectivity index (χ1n) is 18.4. The molecule has 2 bridgehead atoms. The van der Waals surface area contributed by atoms with Crippen molar-refractivity contribution in [2.75, 3.05) is 5.32 Å². The van der Waals surface area contributed by atoms with Crippen LogP contribution in [-0.4, -0.2) is 96.8 Å². The van der Waals surface area contributed by atoms with Crippen LogP contribution in [-0.2, 0) is 73.5 Å². The molecule has 0 fully saturated rings. The van der Waals surface area contributed by atoms with E-state index in [9.17, 15) is 43.5 Å². The number of esters is 2. The second kappa shape index (κ2) is 20.1. The number of carboxylic acids is 1. The Morgan fingerprint density at radius 1 is 0.712 bits per heavy atom. The number of fused-ring (bicyclic) bond motifs is 18. The van der Waals surface area contributed by atoms with Gasteiger partial charge in [-0.15, -0.1) is 11.3 Å². The van der Waals surface area contributed by atoms with Crippen LogP contribution < -0.4 is 32.0 Å². The van der Waals surface area contributed by atoms with Gasteiger partial charge in [-0.1, -0.05) is 47.9 Å². The smallest absolute Gasteiger partial charge is 0.326 e. The van der Waals surface area contributed by atoms with Crippen molar-refractivity contribution >= 4 is 77.8 Å². The molecule has 17 nitrogen and oxygen atoms in total. The van der Waals surface area contributed by atoms with E-state index in [0.717, 1.165) is 19.3 Å². The van der Waals surface area contributed by atoms with Gasteiger partial charge in [-0.3, -0.25) is 33.6 Å². The monoisotopic (exact) mass is 827 g/mol. The number of furan rings is 1. The number of carbonyl (C=O) groups excluding carboxylic acids is 7. The van der Waals surface area contributed by atoms with Gasteiger partial charge in [-0.25, -0.2) is 4.79 Å². The number of aliphatic carboxylic acids is 1. The minimum Gasteiger partial charge on any atom is -0.480 e. The SMILES string of the molecule is Bc1ccc(C[C@@H]2NC(=O)[C@@H](Cc3cccs3)NC(=O)[C@H](OC(C)=O)[C@@H](OC(C)=O)C(=O)Nc3ccc(cc3)C[C@H](C(=O)O)NC(=O)[C@@H](Cc3ccco3)NC2=O)cc1. The fourth-order valence-corrected chi connectivity index (χ4v) is 6.91. The predicted molar refractivity (Wildman–Crippen MR) is 214 cm³/mol. The summed E-state index contributed by atoms with van der Waals surface area (Å²) in [5.41, 5.74) is 2.08. The van der Waals surface area contributed by atoms with E-state index < -0.39 is 83.8 Å². The molecule has 0 saturated heterocycles. The van der Waals surface area contributed by atoms with Crippen LogP contribution in [0.4, 0.5) is 5.69 Å². The zero-order chi connectivity index (χ0) is 42.6. The molecule has 2 aromatic carbocycles. The lowest BCUT2D eigenvalue weighted by Crippen LogP contribution is -2.60. The summed E-state index contributed by atoms with van der Waals surface area (Å²) >= 11 is 1.26. The molecule has 0 unspecified atom stereocenters. The van der Waals surface area contributed by atoms with Crippen LogP contribution in [0.25, 0.3) is 0 Å². The highest BCUT2D eigenvalue weighted by Gasteiger charge is 2.41. The maximum absolute atomic E-state index is 14.3. The molecule has 2 aromatic heterocycles. The Balaban J connectivity index is 1.59. The molecule has 0 saturated carbocycles. The minimum atomic E-state index is -2.09. The second-order valence-corrected chi connectivity index (χ2v) is 14.8. The maximum atomic E-state index is 14.3. The van der Waals surface area contributed by atoms with Gasteiger partial charge in [0.05, 0.1) is 6.26 Å². The third-order valence-corrected chi connectivity index (χ3v) is 9.98. The van der Waals surface area contributed by atoms with E-state index in [1.807, 2.05) is 7.85 Å². The third-order valence-electron chi connectivity index (χ3n) is 9.08. The quantitative estimate of drug-likeness (QED) is 0.0724. The Kier molecular flexibility index (Phi) is 14.8. The molecule has 59 heavy (non-hydrogen) atoms. The fraction of sp³-hybridized carbons (Fsp3) is 0.300. The summed E-state index contributed by atoms with van der Waals surface area (Å²) in [5.74, 6) is -7.90. The largest absolute Gasteiger partial charge is 0.480 e. The zero-order valence-electron chi connectivity index (χ0n) is 32.2.